The van der Waals surface area contributed by atoms with Crippen molar-refractivity contribution in [3.05, 3.63) is 23.8 Å². The number of rotatable bonds is 2. The van der Waals surface area contributed by atoms with Crippen molar-refractivity contribution in [2.75, 3.05) is 0 Å². The SMILES string of the molecule is Cc1ccc([Si](C)(C)C)cc1[SiH2]Cl. The van der Waals surface area contributed by atoms with E-state index in [9.17, 15) is 0 Å². The fourth-order valence-electron chi connectivity index (χ4n) is 1.28. The molecule has 0 unspecified atom stereocenters. The first kappa shape index (κ1) is 11.0. The molecule has 0 saturated heterocycles. The first-order valence-corrected chi connectivity index (χ1v) is 11.0. The van der Waals surface area contributed by atoms with E-state index in [0.717, 1.165) is 0 Å². The highest BCUT2D eigenvalue weighted by atomic mass is 35.6. The van der Waals surface area contributed by atoms with E-state index < -0.39 is 16.9 Å². The van der Waals surface area contributed by atoms with E-state index in [0.29, 0.717) is 0 Å². The molecule has 0 fully saturated rings. The van der Waals surface area contributed by atoms with E-state index in [1.165, 1.54) is 15.9 Å². The summed E-state index contributed by atoms with van der Waals surface area (Å²) in [7, 11) is -1.66. The number of halogens is 1. The highest BCUT2D eigenvalue weighted by molar-refractivity contribution is 7.01. The van der Waals surface area contributed by atoms with Gasteiger partial charge in [-0.25, -0.2) is 0 Å². The predicted octanol–water partition coefficient (Wildman–Crippen LogP) is 1.49. The van der Waals surface area contributed by atoms with Gasteiger partial charge in [0.15, 0.2) is 8.83 Å². The normalized spacial score (nSPS) is 12.7. The topological polar surface area (TPSA) is 0 Å². The Morgan fingerprint density at radius 1 is 1.23 bits per heavy atom. The average Bonchev–Trinajstić information content (AvgIpc) is 2.03. The summed E-state index contributed by atoms with van der Waals surface area (Å²) in [5.41, 5.74) is 1.36. The van der Waals surface area contributed by atoms with Crippen LogP contribution in [0.15, 0.2) is 18.2 Å². The van der Waals surface area contributed by atoms with E-state index in [1.807, 2.05) is 0 Å². The van der Waals surface area contributed by atoms with Crippen molar-refractivity contribution in [3.63, 3.8) is 0 Å². The Bertz CT molecular complexity index is 302. The van der Waals surface area contributed by atoms with Crippen molar-refractivity contribution >= 4 is 38.4 Å². The van der Waals surface area contributed by atoms with Crippen LogP contribution in [-0.4, -0.2) is 16.9 Å². The van der Waals surface area contributed by atoms with Gasteiger partial charge >= 0.3 is 0 Å². The van der Waals surface area contributed by atoms with E-state index >= 15 is 0 Å². The molecule has 0 aliphatic heterocycles. The van der Waals surface area contributed by atoms with Crippen molar-refractivity contribution in [3.8, 4) is 0 Å². The van der Waals surface area contributed by atoms with Crippen LogP contribution in [-0.2, 0) is 0 Å². The maximum absolute atomic E-state index is 6.01. The smallest absolute Gasteiger partial charge is 0.156 e. The van der Waals surface area contributed by atoms with Crippen molar-refractivity contribution in [2.24, 2.45) is 0 Å². The Hall–Kier alpha value is -0.0562. The maximum atomic E-state index is 6.01. The van der Waals surface area contributed by atoms with Crippen LogP contribution in [0, 0.1) is 6.92 Å². The molecule has 0 bridgehead atoms. The molecule has 1 aromatic carbocycles. The number of benzene rings is 1. The predicted molar refractivity (Wildman–Crippen MR) is 68.2 cm³/mol. The van der Waals surface area contributed by atoms with Crippen LogP contribution in [0.5, 0.6) is 0 Å². The molecular weight excluding hydrogens is 212 g/mol. The molecule has 0 radical (unpaired) electrons. The fraction of sp³-hybridized carbons (Fsp3) is 0.400. The second kappa shape index (κ2) is 3.99. The van der Waals surface area contributed by atoms with Crippen molar-refractivity contribution in [1.29, 1.82) is 0 Å². The first-order chi connectivity index (χ1) is 5.95. The minimum atomic E-state index is -1.14. The number of hydrogen-bond acceptors (Lipinski definition) is 0. The third-order valence-corrected chi connectivity index (χ3v) is 6.32. The summed E-state index contributed by atoms with van der Waals surface area (Å²) < 4.78 is 0. The molecule has 13 heavy (non-hydrogen) atoms. The molecule has 0 aliphatic rings. The molecule has 0 spiro atoms. The van der Waals surface area contributed by atoms with Gasteiger partial charge in [0.2, 0.25) is 0 Å². The Balaban J connectivity index is 3.14. The minimum absolute atomic E-state index is 0.523. The highest BCUT2D eigenvalue weighted by Gasteiger charge is 2.16. The second-order valence-corrected chi connectivity index (χ2v) is 11.4. The molecule has 0 atom stereocenters. The van der Waals surface area contributed by atoms with Gasteiger partial charge in [-0.2, -0.15) is 11.1 Å². The fourth-order valence-corrected chi connectivity index (χ4v) is 4.17. The maximum Gasteiger partial charge on any atom is 0.156 e. The van der Waals surface area contributed by atoms with Crippen molar-refractivity contribution in [1.82, 2.24) is 0 Å². The summed E-state index contributed by atoms with van der Waals surface area (Å²) in [6.07, 6.45) is 0. The van der Waals surface area contributed by atoms with Crippen LogP contribution in [0.1, 0.15) is 5.56 Å². The van der Waals surface area contributed by atoms with Crippen molar-refractivity contribution < 1.29 is 0 Å². The zero-order valence-electron chi connectivity index (χ0n) is 8.82. The third-order valence-electron chi connectivity index (χ3n) is 2.36. The Morgan fingerprint density at radius 2 is 1.85 bits per heavy atom. The van der Waals surface area contributed by atoms with Crippen LogP contribution >= 0.6 is 11.1 Å². The average molecular weight is 229 g/mol. The van der Waals surface area contributed by atoms with Gasteiger partial charge in [-0.3, -0.25) is 0 Å². The lowest BCUT2D eigenvalue weighted by Gasteiger charge is -2.18. The summed E-state index contributed by atoms with van der Waals surface area (Å²) in [5.74, 6) is 0. The van der Waals surface area contributed by atoms with Crippen LogP contribution in [0.25, 0.3) is 0 Å². The number of aryl methyl sites for hydroxylation is 1. The van der Waals surface area contributed by atoms with Gasteiger partial charge in [0, 0.05) is 0 Å². The lowest BCUT2D eigenvalue weighted by atomic mass is 10.2. The van der Waals surface area contributed by atoms with Gasteiger partial charge in [0.25, 0.3) is 0 Å². The van der Waals surface area contributed by atoms with Gasteiger partial charge in [0.05, 0.1) is 8.07 Å². The lowest BCUT2D eigenvalue weighted by Crippen LogP contribution is -2.40. The molecule has 0 N–H and O–H groups in total. The summed E-state index contributed by atoms with van der Waals surface area (Å²) in [6.45, 7) is 9.27. The molecular formula is C10H17ClSi2. The monoisotopic (exact) mass is 228 g/mol. The lowest BCUT2D eigenvalue weighted by molar-refractivity contribution is 1.52. The molecule has 0 amide bonds. The van der Waals surface area contributed by atoms with E-state index in [-0.39, 0.29) is 0 Å². The first-order valence-electron chi connectivity index (χ1n) is 4.61. The van der Waals surface area contributed by atoms with Gasteiger partial charge in [0.1, 0.15) is 0 Å². The zero-order chi connectivity index (χ0) is 10.1. The van der Waals surface area contributed by atoms with E-state index in [1.54, 1.807) is 0 Å². The van der Waals surface area contributed by atoms with Crippen LogP contribution in [0.2, 0.25) is 19.6 Å². The number of hydrogen-bond donors (Lipinski definition) is 0. The molecule has 0 aliphatic carbocycles. The Kier molecular flexibility index (Phi) is 3.38. The molecule has 0 saturated carbocycles. The quantitative estimate of drug-likeness (QED) is 0.532. The Labute approximate surface area is 88.9 Å². The zero-order valence-corrected chi connectivity index (χ0v) is 12.0. The summed E-state index contributed by atoms with van der Waals surface area (Å²) in [5, 5.41) is 2.95. The molecule has 72 valence electrons. The molecule has 0 nitrogen and oxygen atoms in total. The molecule has 1 rings (SSSR count). The summed E-state index contributed by atoms with van der Waals surface area (Å²) in [4.78, 5) is 0. The van der Waals surface area contributed by atoms with Gasteiger partial charge in [-0.15, -0.1) is 0 Å². The third kappa shape index (κ3) is 2.69. The van der Waals surface area contributed by atoms with Crippen LogP contribution in [0.4, 0.5) is 0 Å². The van der Waals surface area contributed by atoms with Gasteiger partial charge in [-0.05, 0) is 12.1 Å². The van der Waals surface area contributed by atoms with E-state index in [2.05, 4.69) is 44.8 Å². The van der Waals surface area contributed by atoms with Crippen LogP contribution in [0.3, 0.4) is 0 Å². The van der Waals surface area contributed by atoms with Crippen LogP contribution < -0.4 is 10.4 Å². The molecule has 3 heteroatoms. The second-order valence-electron chi connectivity index (χ2n) is 4.52. The minimum Gasteiger partial charge on any atom is -0.170 e. The molecule has 0 heterocycles. The molecule has 0 aromatic heterocycles. The van der Waals surface area contributed by atoms with E-state index in [4.69, 9.17) is 11.1 Å². The highest BCUT2D eigenvalue weighted by Crippen LogP contribution is 2.02. The summed E-state index contributed by atoms with van der Waals surface area (Å²) in [6, 6.07) is 6.82. The van der Waals surface area contributed by atoms with Crippen molar-refractivity contribution in [2.45, 2.75) is 26.6 Å². The van der Waals surface area contributed by atoms with Gasteiger partial charge in [-0.1, -0.05) is 48.6 Å². The Morgan fingerprint density at radius 3 is 2.31 bits per heavy atom. The summed E-state index contributed by atoms with van der Waals surface area (Å²) >= 11 is 6.01. The standard InChI is InChI=1S/C10H17ClSi2/c1-8-5-6-9(13(2,3)4)7-10(8)12-11/h5-7H,12H2,1-4H3. The largest absolute Gasteiger partial charge is 0.170 e. The van der Waals surface area contributed by atoms with Gasteiger partial charge < -0.3 is 0 Å². The molecule has 1 aromatic rings.